The van der Waals surface area contributed by atoms with Gasteiger partial charge in [-0.2, -0.15) is 0 Å². The molecule has 0 amide bonds. The van der Waals surface area contributed by atoms with Crippen molar-refractivity contribution < 1.29 is 89.7 Å². The molecule has 2 saturated carbocycles. The number of unbranched alkanes of at least 4 members (excludes halogenated alkanes) is 2. The average molecular weight is 905 g/mol. The second kappa shape index (κ2) is 33.5. The fourth-order valence-electron chi connectivity index (χ4n) is 8.88. The zero-order valence-corrected chi connectivity index (χ0v) is 40.1. The summed E-state index contributed by atoms with van der Waals surface area (Å²) in [5, 5.41) is 88.4. The predicted molar refractivity (Wildman–Crippen MR) is 238 cm³/mol. The summed E-state index contributed by atoms with van der Waals surface area (Å²) in [5.41, 5.74) is 3.71. The zero-order valence-electron chi connectivity index (χ0n) is 38.1. The quantitative estimate of drug-likeness (QED) is 0.0205. The molecule has 9 atom stereocenters. The summed E-state index contributed by atoms with van der Waals surface area (Å²) in [6, 6.07) is 20.0. The SMILES string of the molecule is CC(O)(CCc1ccccc1)CCC1/C(=N\O)CC(O)C1CCCCOCC(=O)O.CC(O)(CCc1ccccc1)CCC1C(NO)CC(O)C1CCCCOCC(=O)O.[B].[C-]#N.[Na+]. The summed E-state index contributed by atoms with van der Waals surface area (Å²) in [5.74, 6) is -1.93. The van der Waals surface area contributed by atoms with Gasteiger partial charge in [-0.25, -0.2) is 15.1 Å². The van der Waals surface area contributed by atoms with Crippen LogP contribution < -0.4 is 35.0 Å². The maximum absolute atomic E-state index is 10.9. The van der Waals surface area contributed by atoms with Crippen LogP contribution in [-0.2, 0) is 31.9 Å². The molecule has 2 fully saturated rings. The molecule has 15 nitrogen and oxygen atoms in total. The second-order valence-electron chi connectivity index (χ2n) is 17.4. The summed E-state index contributed by atoms with van der Waals surface area (Å²) < 4.78 is 10.1. The van der Waals surface area contributed by atoms with Crippen molar-refractivity contribution in [1.82, 2.24) is 5.48 Å². The maximum atomic E-state index is 10.9. The smallest absolute Gasteiger partial charge is 0.512 e. The Balaban J connectivity index is 0.00000116. The Morgan fingerprint density at radius 3 is 1.61 bits per heavy atom. The molecule has 3 radical (unpaired) electrons. The molecular weight excluding hydrogens is 832 g/mol. The number of aliphatic hydroxyl groups is 4. The predicted octanol–water partition coefficient (Wildman–Crippen LogP) is 2.73. The molecule has 2 aromatic carbocycles. The van der Waals surface area contributed by atoms with E-state index in [1.54, 1.807) is 0 Å². The molecule has 2 aromatic rings. The molecule has 9 N–H and O–H groups in total. The molecule has 9 unspecified atom stereocenters. The molecule has 17 heteroatoms. The number of oxime groups is 1. The van der Waals surface area contributed by atoms with Crippen molar-refractivity contribution >= 4 is 26.1 Å². The van der Waals surface area contributed by atoms with Gasteiger partial charge in [0, 0.05) is 40.0 Å². The Kier molecular flexibility index (Phi) is 32.0. The molecule has 0 saturated heterocycles. The van der Waals surface area contributed by atoms with E-state index < -0.39 is 35.3 Å². The number of carboxylic acids is 2. The van der Waals surface area contributed by atoms with Crippen LogP contribution in [0.4, 0.5) is 0 Å². The topological polar surface area (TPSA) is 263 Å². The number of ether oxygens (including phenoxy) is 2. The van der Waals surface area contributed by atoms with Crippen molar-refractivity contribution in [2.24, 2.45) is 28.8 Å². The summed E-state index contributed by atoms with van der Waals surface area (Å²) in [4.78, 5) is 20.9. The Morgan fingerprint density at radius 2 is 1.17 bits per heavy atom. The number of hydrogen-bond acceptors (Lipinski definition) is 13. The van der Waals surface area contributed by atoms with Gasteiger partial charge >= 0.3 is 41.5 Å². The molecule has 0 aliphatic heterocycles. The van der Waals surface area contributed by atoms with Crippen molar-refractivity contribution in [3.8, 4) is 0 Å². The number of hydroxylamine groups is 1. The van der Waals surface area contributed by atoms with Gasteiger partial charge in [0.15, 0.2) is 0 Å². The molecule has 4 rings (SSSR count). The number of hydrogen-bond donors (Lipinski definition) is 9. The van der Waals surface area contributed by atoms with Crippen LogP contribution in [-0.4, -0.2) is 123 Å². The van der Waals surface area contributed by atoms with Gasteiger partial charge in [-0.3, -0.25) is 0 Å². The number of aryl methyl sites for hydroxylation is 2. The van der Waals surface area contributed by atoms with Crippen LogP contribution in [0.5, 0.6) is 0 Å². The van der Waals surface area contributed by atoms with Crippen molar-refractivity contribution in [2.45, 2.75) is 146 Å². The number of carbonyl (C=O) groups is 2. The van der Waals surface area contributed by atoms with Crippen LogP contribution in [0.2, 0.25) is 0 Å². The minimum atomic E-state index is -0.982. The van der Waals surface area contributed by atoms with Gasteiger partial charge in [-0.1, -0.05) is 78.7 Å². The van der Waals surface area contributed by atoms with Crippen LogP contribution in [0.15, 0.2) is 65.8 Å². The van der Waals surface area contributed by atoms with Crippen LogP contribution in [0.25, 0.3) is 0 Å². The van der Waals surface area contributed by atoms with Crippen LogP contribution in [0, 0.1) is 35.5 Å². The van der Waals surface area contributed by atoms with Gasteiger partial charge in [-0.05, 0) is 126 Å². The Morgan fingerprint density at radius 1 is 0.719 bits per heavy atom. The van der Waals surface area contributed by atoms with E-state index in [0.29, 0.717) is 70.3 Å². The van der Waals surface area contributed by atoms with Crippen molar-refractivity contribution in [2.75, 3.05) is 26.4 Å². The van der Waals surface area contributed by atoms with E-state index in [1.807, 2.05) is 50.2 Å². The first-order chi connectivity index (χ1) is 29.6. The minimum absolute atomic E-state index is 0. The van der Waals surface area contributed by atoms with Crippen LogP contribution in [0.3, 0.4) is 0 Å². The number of benzene rings is 2. The monoisotopic (exact) mass is 905 g/mol. The van der Waals surface area contributed by atoms with Gasteiger partial charge in [0.05, 0.1) is 29.1 Å². The van der Waals surface area contributed by atoms with Crippen molar-refractivity contribution in [3.63, 3.8) is 0 Å². The molecule has 351 valence electrons. The van der Waals surface area contributed by atoms with E-state index in [0.717, 1.165) is 51.4 Å². The molecule has 2 aliphatic rings. The number of rotatable bonds is 27. The van der Waals surface area contributed by atoms with Gasteiger partial charge in [-0.15, -0.1) is 0 Å². The first kappa shape index (κ1) is 61.1. The first-order valence-electron chi connectivity index (χ1n) is 21.9. The van der Waals surface area contributed by atoms with E-state index in [1.165, 1.54) is 11.1 Å². The van der Waals surface area contributed by atoms with E-state index in [4.69, 9.17) is 31.5 Å². The van der Waals surface area contributed by atoms with E-state index >= 15 is 0 Å². The standard InChI is InChI=1S/C23H37NO6.C23H35NO6.CN.B.Na/c2*1-23(28,12-10-17-7-3-2-4-8-17)13-11-18-19(21(25)15-20(18)24-29)9-5-6-14-30-16-22(26)27;1-2;;/h2-4,7-8,18-21,24-25,28-29H,5-6,9-16H2,1H3,(H,26,27);2-4,7-8,18-19,21,25,28-29H,5-6,9-16H2,1H3,(H,26,27);;;/q;;-1;;+1/b;24-20-;;;. The summed E-state index contributed by atoms with van der Waals surface area (Å²) in [6.45, 7) is 8.62. The normalized spacial score (nSPS) is 23.8. The Bertz CT molecular complexity index is 1590. The van der Waals surface area contributed by atoms with Gasteiger partial charge in [0.25, 0.3) is 0 Å². The third kappa shape index (κ3) is 24.0. The number of nitrogens with zero attached hydrogens (tertiary/aromatic N) is 2. The number of aliphatic carboxylic acids is 2. The summed E-state index contributed by atoms with van der Waals surface area (Å²) in [7, 11) is 0. The van der Waals surface area contributed by atoms with Gasteiger partial charge < -0.3 is 62.4 Å². The fraction of sp³-hybridized carbons (Fsp3) is 0.660. The van der Waals surface area contributed by atoms with E-state index in [9.17, 15) is 40.4 Å². The molecule has 0 spiro atoms. The van der Waals surface area contributed by atoms with Crippen LogP contribution >= 0.6 is 0 Å². The maximum Gasteiger partial charge on any atom is 1.00 e. The van der Waals surface area contributed by atoms with E-state index in [2.05, 4.69) is 34.9 Å². The largest absolute Gasteiger partial charge is 1.00 e. The zero-order chi connectivity index (χ0) is 46.0. The second-order valence-corrected chi connectivity index (χ2v) is 17.4. The third-order valence-electron chi connectivity index (χ3n) is 12.4. The Labute approximate surface area is 404 Å². The molecule has 2 aliphatic carbocycles. The molecular formula is C47H72BN3NaO12. The summed E-state index contributed by atoms with van der Waals surface area (Å²) >= 11 is 0. The minimum Gasteiger partial charge on any atom is -0.512 e. The molecule has 64 heavy (non-hydrogen) atoms. The fourth-order valence-corrected chi connectivity index (χ4v) is 8.88. The van der Waals surface area contributed by atoms with Crippen molar-refractivity contribution in [3.05, 3.63) is 78.4 Å². The molecule has 0 heterocycles. The van der Waals surface area contributed by atoms with Crippen molar-refractivity contribution in [1.29, 1.82) is 5.26 Å². The number of aliphatic hydroxyl groups excluding tert-OH is 2. The first-order valence-corrected chi connectivity index (χ1v) is 21.9. The van der Waals surface area contributed by atoms with Gasteiger partial charge in [0.1, 0.15) is 13.2 Å². The molecule has 0 bridgehead atoms. The Hall–Kier alpha value is -2.92. The number of nitrogens with one attached hydrogen (secondary N) is 1. The molecule has 0 aromatic heterocycles. The third-order valence-corrected chi connectivity index (χ3v) is 12.4. The van der Waals surface area contributed by atoms with Gasteiger partial charge in [0.2, 0.25) is 0 Å². The average Bonchev–Trinajstić information content (AvgIpc) is 3.74. The number of carboxylic acid groups (broad SMARTS) is 2. The van der Waals surface area contributed by atoms with Crippen LogP contribution in [0.1, 0.15) is 115 Å². The summed E-state index contributed by atoms with van der Waals surface area (Å²) in [6.07, 6.45) is 9.83. The van der Waals surface area contributed by atoms with E-state index in [-0.39, 0.29) is 80.9 Å².